The van der Waals surface area contributed by atoms with Crippen LogP contribution in [0.15, 0.2) is 67.0 Å². The smallest absolute Gasteiger partial charge is 0.306 e. The molecular weight excluding hydrogens is 590 g/mol. The molecule has 0 saturated carbocycles. The molecule has 3 aromatic carbocycles. The van der Waals surface area contributed by atoms with Gasteiger partial charge in [-0.3, -0.25) is 9.59 Å². The molecule has 1 amide bonds. The molecule has 1 aliphatic rings. The lowest BCUT2D eigenvalue weighted by Gasteiger charge is -2.18. The summed E-state index contributed by atoms with van der Waals surface area (Å²) in [6.45, 7) is 2.21. The number of H-pyrrole nitrogens is 2. The number of aromatic amines is 2. The first-order chi connectivity index (χ1) is 22.3. The van der Waals surface area contributed by atoms with Crippen LogP contribution in [0, 0.1) is 17.6 Å². The molecule has 2 unspecified atom stereocenters. The van der Waals surface area contributed by atoms with Crippen LogP contribution < -0.4 is 10.1 Å². The van der Waals surface area contributed by atoms with Crippen LogP contribution in [0.5, 0.6) is 11.5 Å². The Bertz CT molecular complexity index is 1880. The molecule has 8 nitrogen and oxygen atoms in total. The Balaban J connectivity index is 1.38. The second-order valence-corrected chi connectivity index (χ2v) is 12.0. The van der Waals surface area contributed by atoms with Crippen molar-refractivity contribution in [1.82, 2.24) is 20.3 Å². The standard InChI is InChI=1S/C36H36F2N4O4/c1-21(36(44)45)16-22-6-5-7-23(17-22)25-8-3-2-4-14-40-33(43)12-10-27-26-13-15-39-31(26)19-30(38)34(27)46-24-9-11-29(37)28(18-24)35-41-20-32(25)42-35/h5-7,9,11,13,15,17-21,25,39H,2-4,8,10,12,14,16H2,1H3,(H,40,43)(H,41,42)(H,44,45). The second-order valence-electron chi connectivity index (χ2n) is 12.0. The zero-order chi connectivity index (χ0) is 32.2. The molecule has 0 aliphatic carbocycles. The van der Waals surface area contributed by atoms with E-state index in [-0.39, 0.29) is 41.7 Å². The number of aliphatic carboxylic acids is 1. The van der Waals surface area contributed by atoms with Gasteiger partial charge >= 0.3 is 5.97 Å². The lowest BCUT2D eigenvalue weighted by molar-refractivity contribution is -0.141. The molecule has 6 rings (SSSR count). The number of benzene rings is 3. The summed E-state index contributed by atoms with van der Waals surface area (Å²) in [4.78, 5) is 35.2. The van der Waals surface area contributed by atoms with Gasteiger partial charge in [-0.1, -0.05) is 44.0 Å². The number of fused-ring (bicyclic) bond motifs is 8. The number of imidazole rings is 1. The van der Waals surface area contributed by atoms with E-state index in [4.69, 9.17) is 4.74 Å². The van der Waals surface area contributed by atoms with Crippen LogP contribution in [0.1, 0.15) is 67.3 Å². The predicted octanol–water partition coefficient (Wildman–Crippen LogP) is 7.65. The van der Waals surface area contributed by atoms with Crippen molar-refractivity contribution in [3.05, 3.63) is 101 Å². The number of hydrogen-bond acceptors (Lipinski definition) is 4. The number of carboxylic acid groups (broad SMARTS) is 1. The molecule has 5 aromatic rings. The van der Waals surface area contributed by atoms with Gasteiger partial charge in [0.1, 0.15) is 17.4 Å². The molecule has 0 spiro atoms. The van der Waals surface area contributed by atoms with E-state index >= 15 is 8.78 Å². The van der Waals surface area contributed by atoms with Crippen LogP contribution in [-0.2, 0) is 22.4 Å². The van der Waals surface area contributed by atoms with E-state index < -0.39 is 23.5 Å². The maximum absolute atomic E-state index is 15.4. The highest BCUT2D eigenvalue weighted by atomic mass is 19.1. The van der Waals surface area contributed by atoms with Gasteiger partial charge in [0.05, 0.1) is 11.5 Å². The summed E-state index contributed by atoms with van der Waals surface area (Å²) in [6, 6.07) is 15.3. The first-order valence-electron chi connectivity index (χ1n) is 15.7. The van der Waals surface area contributed by atoms with Crippen molar-refractivity contribution in [2.45, 2.75) is 57.8 Å². The normalized spacial score (nSPS) is 16.8. The minimum Gasteiger partial charge on any atom is -0.481 e. The topological polar surface area (TPSA) is 120 Å². The van der Waals surface area contributed by atoms with Crippen LogP contribution in [-0.4, -0.2) is 38.5 Å². The Labute approximate surface area is 265 Å². The average Bonchev–Trinajstić information content (AvgIpc) is 3.71. The van der Waals surface area contributed by atoms with Gasteiger partial charge in [-0.2, -0.15) is 0 Å². The fourth-order valence-electron chi connectivity index (χ4n) is 6.18. The number of aryl methyl sites for hydroxylation is 1. The first-order valence-corrected chi connectivity index (χ1v) is 15.7. The zero-order valence-electron chi connectivity index (χ0n) is 25.5. The molecular formula is C36H36F2N4O4. The van der Waals surface area contributed by atoms with Gasteiger partial charge in [0.15, 0.2) is 11.6 Å². The number of carbonyl (C=O) groups is 2. The largest absolute Gasteiger partial charge is 0.481 e. The number of hydrogen-bond donors (Lipinski definition) is 4. The molecule has 46 heavy (non-hydrogen) atoms. The number of halogens is 2. The lowest BCUT2D eigenvalue weighted by Crippen LogP contribution is -2.24. The Morgan fingerprint density at radius 2 is 1.93 bits per heavy atom. The van der Waals surface area contributed by atoms with Crippen LogP contribution in [0.2, 0.25) is 0 Å². The molecule has 3 heterocycles. The second kappa shape index (κ2) is 13.6. The van der Waals surface area contributed by atoms with Gasteiger partial charge in [0.25, 0.3) is 0 Å². The number of rotatable bonds is 4. The number of amides is 1. The van der Waals surface area contributed by atoms with Crippen LogP contribution in [0.25, 0.3) is 22.3 Å². The first kappa shape index (κ1) is 31.0. The van der Waals surface area contributed by atoms with Crippen molar-refractivity contribution in [3.63, 3.8) is 0 Å². The number of nitrogens with one attached hydrogen (secondary N) is 3. The third-order valence-electron chi connectivity index (χ3n) is 8.66. The Morgan fingerprint density at radius 3 is 2.78 bits per heavy atom. The molecule has 2 atom stereocenters. The van der Waals surface area contributed by atoms with Crippen molar-refractivity contribution < 1.29 is 28.2 Å². The molecule has 10 heteroatoms. The fourth-order valence-corrected chi connectivity index (χ4v) is 6.18. The summed E-state index contributed by atoms with van der Waals surface area (Å²) < 4.78 is 36.8. The van der Waals surface area contributed by atoms with E-state index in [1.165, 1.54) is 24.3 Å². The summed E-state index contributed by atoms with van der Waals surface area (Å²) in [5.74, 6) is -2.18. The summed E-state index contributed by atoms with van der Waals surface area (Å²) in [6.07, 6.45) is 7.52. The summed E-state index contributed by atoms with van der Waals surface area (Å²) in [7, 11) is 0. The molecule has 2 aromatic heterocycles. The van der Waals surface area contributed by atoms with Crippen molar-refractivity contribution in [1.29, 1.82) is 0 Å². The number of nitrogens with zero attached hydrogens (tertiary/aromatic N) is 1. The zero-order valence-corrected chi connectivity index (χ0v) is 25.5. The molecule has 0 fully saturated rings. The maximum atomic E-state index is 15.4. The van der Waals surface area contributed by atoms with Gasteiger partial charge < -0.3 is 25.1 Å². The number of carbonyl (C=O) groups excluding carboxylic acids is 1. The third-order valence-corrected chi connectivity index (χ3v) is 8.66. The minimum absolute atomic E-state index is 0.00679. The molecule has 1 aliphatic heterocycles. The molecule has 0 saturated heterocycles. The highest BCUT2D eigenvalue weighted by Crippen LogP contribution is 2.37. The average molecular weight is 627 g/mol. The van der Waals surface area contributed by atoms with E-state index in [9.17, 15) is 14.7 Å². The van der Waals surface area contributed by atoms with E-state index in [1.807, 2.05) is 30.3 Å². The third kappa shape index (κ3) is 6.80. The monoisotopic (exact) mass is 626 g/mol. The highest BCUT2D eigenvalue weighted by Gasteiger charge is 2.22. The molecule has 0 radical (unpaired) electrons. The van der Waals surface area contributed by atoms with E-state index in [0.29, 0.717) is 29.9 Å². The summed E-state index contributed by atoms with van der Waals surface area (Å²) in [5, 5.41) is 13.2. The van der Waals surface area contributed by atoms with Crippen LogP contribution in [0.3, 0.4) is 0 Å². The lowest BCUT2D eigenvalue weighted by atomic mass is 9.88. The van der Waals surface area contributed by atoms with Gasteiger partial charge in [0.2, 0.25) is 5.91 Å². The van der Waals surface area contributed by atoms with E-state index in [1.54, 1.807) is 19.3 Å². The minimum atomic E-state index is -0.847. The Morgan fingerprint density at radius 1 is 1.07 bits per heavy atom. The maximum Gasteiger partial charge on any atom is 0.306 e. The van der Waals surface area contributed by atoms with Crippen LogP contribution >= 0.6 is 0 Å². The van der Waals surface area contributed by atoms with Crippen molar-refractivity contribution in [2.24, 2.45) is 5.92 Å². The van der Waals surface area contributed by atoms with E-state index in [2.05, 4.69) is 20.3 Å². The molecule has 4 N–H and O–H groups in total. The Kier molecular flexibility index (Phi) is 9.14. The van der Waals surface area contributed by atoms with Crippen molar-refractivity contribution in [3.8, 4) is 22.9 Å². The molecule has 4 bridgehead atoms. The van der Waals surface area contributed by atoms with Crippen LogP contribution in [0.4, 0.5) is 8.78 Å². The van der Waals surface area contributed by atoms with Gasteiger partial charge in [-0.15, -0.1) is 0 Å². The SMILES string of the molecule is CC(Cc1cccc(C2CCCCCNC(=O)CCc3c(c(F)cc4[nH]ccc34)Oc3ccc(F)c(c3)-c3ncc2[nH]3)c1)C(=O)O. The van der Waals surface area contributed by atoms with Gasteiger partial charge in [-0.25, -0.2) is 13.8 Å². The van der Waals surface area contributed by atoms with Gasteiger partial charge in [-0.05, 0) is 61.1 Å². The predicted molar refractivity (Wildman–Crippen MR) is 171 cm³/mol. The van der Waals surface area contributed by atoms with Crippen molar-refractivity contribution >= 4 is 22.8 Å². The van der Waals surface area contributed by atoms with Gasteiger partial charge in [0, 0.05) is 59.5 Å². The fraction of sp³-hybridized carbons (Fsp3) is 0.306. The number of ether oxygens (including phenoxy) is 1. The summed E-state index contributed by atoms with van der Waals surface area (Å²) in [5.41, 5.74) is 4.04. The Hall–Kier alpha value is -4.99. The van der Waals surface area contributed by atoms with Crippen molar-refractivity contribution in [2.75, 3.05) is 6.54 Å². The highest BCUT2D eigenvalue weighted by molar-refractivity contribution is 5.86. The number of aromatic nitrogens is 3. The molecule has 238 valence electrons. The summed E-state index contributed by atoms with van der Waals surface area (Å²) >= 11 is 0. The quantitative estimate of drug-likeness (QED) is 0.163. The number of carboxylic acids is 1. The van der Waals surface area contributed by atoms with E-state index in [0.717, 1.165) is 47.9 Å².